The van der Waals surface area contributed by atoms with Crippen LogP contribution in [0.1, 0.15) is 28.3 Å². The van der Waals surface area contributed by atoms with Crippen LogP contribution in [0.4, 0.5) is 4.39 Å². The van der Waals surface area contributed by atoms with E-state index in [0.717, 1.165) is 10.4 Å². The number of rotatable bonds is 3. The van der Waals surface area contributed by atoms with Crippen LogP contribution in [-0.2, 0) is 4.74 Å². The zero-order valence-electron chi connectivity index (χ0n) is 15.0. The summed E-state index contributed by atoms with van der Waals surface area (Å²) in [6, 6.07) is 20.2. The van der Waals surface area contributed by atoms with Gasteiger partial charge in [-0.15, -0.1) is 11.3 Å². The number of morpholine rings is 1. The predicted molar refractivity (Wildman–Crippen MR) is 105 cm³/mol. The summed E-state index contributed by atoms with van der Waals surface area (Å²) in [5.41, 5.74) is 1.60. The maximum atomic E-state index is 14.0. The number of carbonyl (C=O) groups excluding carboxylic acids is 1. The molecule has 1 aromatic heterocycles. The van der Waals surface area contributed by atoms with E-state index in [-0.39, 0.29) is 23.9 Å². The minimum Gasteiger partial charge on any atom is -0.367 e. The van der Waals surface area contributed by atoms with Crippen LogP contribution >= 0.6 is 11.3 Å². The molecule has 2 aromatic carbocycles. The van der Waals surface area contributed by atoms with Gasteiger partial charge in [-0.3, -0.25) is 4.79 Å². The normalized spacial score (nSPS) is 19.9. The summed E-state index contributed by atoms with van der Waals surface area (Å²) in [5.74, 6) is -0.304. The van der Waals surface area contributed by atoms with Gasteiger partial charge in [0.2, 0.25) is 0 Å². The molecule has 3 aromatic rings. The largest absolute Gasteiger partial charge is 0.367 e. The van der Waals surface area contributed by atoms with Crippen molar-refractivity contribution in [2.75, 3.05) is 13.1 Å². The summed E-state index contributed by atoms with van der Waals surface area (Å²) in [6.45, 7) is 3.05. The number of benzene rings is 2. The van der Waals surface area contributed by atoms with Crippen LogP contribution in [0.3, 0.4) is 0 Å². The Bertz CT molecular complexity index is 940. The smallest absolute Gasteiger partial charge is 0.264 e. The Morgan fingerprint density at radius 2 is 1.78 bits per heavy atom. The van der Waals surface area contributed by atoms with Gasteiger partial charge in [-0.05, 0) is 30.7 Å². The van der Waals surface area contributed by atoms with Gasteiger partial charge in [0, 0.05) is 17.0 Å². The fourth-order valence-corrected chi connectivity index (χ4v) is 4.38. The van der Waals surface area contributed by atoms with Gasteiger partial charge in [0.25, 0.3) is 5.91 Å². The van der Waals surface area contributed by atoms with Crippen LogP contribution in [0, 0.1) is 5.82 Å². The van der Waals surface area contributed by atoms with Crippen LogP contribution in [0.5, 0.6) is 0 Å². The molecule has 0 spiro atoms. The standard InChI is InChI=1S/C22H20FNO2S/c1-15-13-24(14-19(26-15)16-7-3-2-4-8-16)22(25)21-12-11-20(27-21)17-9-5-6-10-18(17)23/h2-12,15,19H,13-14H2,1H3. The number of thiophene rings is 1. The second-order valence-corrected chi connectivity index (χ2v) is 7.78. The Kier molecular flexibility index (Phi) is 5.05. The molecule has 138 valence electrons. The van der Waals surface area contributed by atoms with Crippen molar-refractivity contribution in [3.63, 3.8) is 0 Å². The Morgan fingerprint density at radius 1 is 1.04 bits per heavy atom. The molecule has 2 heterocycles. The number of amides is 1. The third-order valence-electron chi connectivity index (χ3n) is 4.67. The average Bonchev–Trinajstić information content (AvgIpc) is 3.18. The average molecular weight is 381 g/mol. The molecule has 2 unspecified atom stereocenters. The van der Waals surface area contributed by atoms with Crippen LogP contribution in [-0.4, -0.2) is 30.0 Å². The van der Waals surface area contributed by atoms with Crippen molar-refractivity contribution in [3.05, 3.63) is 83.0 Å². The highest BCUT2D eigenvalue weighted by atomic mass is 32.1. The van der Waals surface area contributed by atoms with E-state index in [1.165, 1.54) is 17.4 Å². The Balaban J connectivity index is 1.55. The molecular formula is C22H20FNO2S. The van der Waals surface area contributed by atoms with E-state index < -0.39 is 0 Å². The molecule has 27 heavy (non-hydrogen) atoms. The molecule has 0 radical (unpaired) electrons. The van der Waals surface area contributed by atoms with E-state index in [4.69, 9.17) is 4.74 Å². The van der Waals surface area contributed by atoms with E-state index in [1.807, 2.05) is 48.2 Å². The highest BCUT2D eigenvalue weighted by molar-refractivity contribution is 7.17. The number of carbonyl (C=O) groups is 1. The minimum absolute atomic E-state index is 0.0290. The lowest BCUT2D eigenvalue weighted by molar-refractivity contribution is -0.0690. The van der Waals surface area contributed by atoms with Gasteiger partial charge in [-0.1, -0.05) is 48.5 Å². The Labute approximate surface area is 162 Å². The summed E-state index contributed by atoms with van der Waals surface area (Å²) >= 11 is 1.33. The molecule has 0 saturated carbocycles. The maximum absolute atomic E-state index is 14.0. The molecule has 2 atom stereocenters. The van der Waals surface area contributed by atoms with Crippen molar-refractivity contribution in [1.29, 1.82) is 0 Å². The highest BCUT2D eigenvalue weighted by Gasteiger charge is 2.30. The van der Waals surface area contributed by atoms with Crippen LogP contribution in [0.2, 0.25) is 0 Å². The lowest BCUT2D eigenvalue weighted by Gasteiger charge is -2.36. The van der Waals surface area contributed by atoms with Crippen molar-refractivity contribution in [1.82, 2.24) is 4.90 Å². The third-order valence-corrected chi connectivity index (χ3v) is 5.78. The second kappa shape index (κ2) is 7.62. The Morgan fingerprint density at radius 3 is 2.56 bits per heavy atom. The topological polar surface area (TPSA) is 29.5 Å². The van der Waals surface area contributed by atoms with Gasteiger partial charge in [-0.25, -0.2) is 4.39 Å². The van der Waals surface area contributed by atoms with E-state index >= 15 is 0 Å². The first kappa shape index (κ1) is 17.9. The van der Waals surface area contributed by atoms with Crippen molar-refractivity contribution in [2.24, 2.45) is 0 Å². The number of ether oxygens (including phenoxy) is 1. The number of hydrogen-bond acceptors (Lipinski definition) is 3. The van der Waals surface area contributed by atoms with Gasteiger partial charge in [0.1, 0.15) is 11.9 Å². The van der Waals surface area contributed by atoms with Crippen LogP contribution < -0.4 is 0 Å². The first-order chi connectivity index (χ1) is 13.1. The third kappa shape index (κ3) is 3.80. The molecular weight excluding hydrogens is 361 g/mol. The van der Waals surface area contributed by atoms with Crippen molar-refractivity contribution >= 4 is 17.2 Å². The second-order valence-electron chi connectivity index (χ2n) is 6.70. The Hall–Kier alpha value is -2.50. The fourth-order valence-electron chi connectivity index (χ4n) is 3.38. The summed E-state index contributed by atoms with van der Waals surface area (Å²) in [4.78, 5) is 16.3. The summed E-state index contributed by atoms with van der Waals surface area (Å²) in [7, 11) is 0. The monoisotopic (exact) mass is 381 g/mol. The van der Waals surface area contributed by atoms with E-state index in [0.29, 0.717) is 23.5 Å². The van der Waals surface area contributed by atoms with Gasteiger partial charge in [-0.2, -0.15) is 0 Å². The summed E-state index contributed by atoms with van der Waals surface area (Å²) in [6.07, 6.45) is -0.177. The first-order valence-corrected chi connectivity index (χ1v) is 9.78. The quantitative estimate of drug-likeness (QED) is 0.627. The number of nitrogens with zero attached hydrogens (tertiary/aromatic N) is 1. The fraction of sp³-hybridized carbons (Fsp3) is 0.227. The summed E-state index contributed by atoms with van der Waals surface area (Å²) in [5, 5.41) is 0. The molecule has 5 heteroatoms. The molecule has 1 saturated heterocycles. The van der Waals surface area contributed by atoms with Crippen LogP contribution in [0.15, 0.2) is 66.7 Å². The molecule has 0 aliphatic carbocycles. The van der Waals surface area contributed by atoms with Crippen LogP contribution in [0.25, 0.3) is 10.4 Å². The molecule has 1 aliphatic rings. The van der Waals surface area contributed by atoms with Gasteiger partial charge >= 0.3 is 0 Å². The zero-order chi connectivity index (χ0) is 18.8. The predicted octanol–water partition coefficient (Wildman–Crippen LogP) is 5.16. The molecule has 1 fully saturated rings. The van der Waals surface area contributed by atoms with Crippen molar-refractivity contribution < 1.29 is 13.9 Å². The van der Waals surface area contributed by atoms with Crippen molar-refractivity contribution in [3.8, 4) is 10.4 Å². The number of halogens is 1. The molecule has 0 bridgehead atoms. The molecule has 4 rings (SSSR count). The highest BCUT2D eigenvalue weighted by Crippen LogP contribution is 2.32. The first-order valence-electron chi connectivity index (χ1n) is 8.96. The van der Waals surface area contributed by atoms with E-state index in [1.54, 1.807) is 24.3 Å². The minimum atomic E-state index is -0.275. The molecule has 1 amide bonds. The van der Waals surface area contributed by atoms with E-state index in [9.17, 15) is 9.18 Å². The SMILES string of the molecule is CC1CN(C(=O)c2ccc(-c3ccccc3F)s2)CC(c2ccccc2)O1. The van der Waals surface area contributed by atoms with Crippen molar-refractivity contribution in [2.45, 2.75) is 19.1 Å². The van der Waals surface area contributed by atoms with Gasteiger partial charge in [0.15, 0.2) is 0 Å². The lowest BCUT2D eigenvalue weighted by atomic mass is 10.1. The number of hydrogen-bond donors (Lipinski definition) is 0. The maximum Gasteiger partial charge on any atom is 0.264 e. The van der Waals surface area contributed by atoms with E-state index in [2.05, 4.69) is 0 Å². The zero-order valence-corrected chi connectivity index (χ0v) is 15.8. The van der Waals surface area contributed by atoms with Gasteiger partial charge in [0.05, 0.1) is 17.5 Å². The molecule has 1 aliphatic heterocycles. The summed E-state index contributed by atoms with van der Waals surface area (Å²) < 4.78 is 20.1. The van der Waals surface area contributed by atoms with Gasteiger partial charge < -0.3 is 9.64 Å². The molecule has 0 N–H and O–H groups in total. The molecule has 3 nitrogen and oxygen atoms in total. The lowest BCUT2D eigenvalue weighted by Crippen LogP contribution is -2.45.